The van der Waals surface area contributed by atoms with Gasteiger partial charge in [-0.3, -0.25) is 4.79 Å². The van der Waals surface area contributed by atoms with Crippen molar-refractivity contribution in [2.24, 2.45) is 0 Å². The van der Waals surface area contributed by atoms with Crippen LogP contribution in [0.25, 0.3) is 0 Å². The molecule has 0 spiro atoms. The highest BCUT2D eigenvalue weighted by molar-refractivity contribution is 6.91. The largest absolute Gasteiger partial charge is 0.360 e. The molecule has 0 saturated carbocycles. The molecule has 3 nitrogen and oxygen atoms in total. The molecule has 1 atom stereocenters. The lowest BCUT2D eigenvalue weighted by atomic mass is 9.93. The number of nitrogens with zero attached hydrogens (tertiary/aromatic N) is 1. The number of benzene rings is 2. The summed E-state index contributed by atoms with van der Waals surface area (Å²) in [4.78, 5) is 13.1. The highest BCUT2D eigenvalue weighted by Gasteiger charge is 2.41. The van der Waals surface area contributed by atoms with E-state index >= 15 is 0 Å². The Hall–Kier alpha value is -2.46. The molecule has 0 amide bonds. The molecule has 0 aliphatic heterocycles. The molecule has 1 aromatic heterocycles. The molecule has 0 saturated heterocycles. The standard InChI is InChI=1S/C31H41NO2Si/c1-35(2,26-20-14-10-15-21-26)27-23-29(33)31-28(32-34-30(31)24-27)22-16-8-6-4-3-5-7-11-17-25-18-12-9-13-19-25/h9-10,12-15,18-21,27H,3-8,11,16-17,22-24H2,1-2H3. The second-order valence-corrected chi connectivity index (χ2v) is 15.7. The van der Waals surface area contributed by atoms with Crippen LogP contribution < -0.4 is 5.19 Å². The Morgan fingerprint density at radius 3 is 2.00 bits per heavy atom. The van der Waals surface area contributed by atoms with Gasteiger partial charge in [0.25, 0.3) is 0 Å². The molecule has 35 heavy (non-hydrogen) atoms. The van der Waals surface area contributed by atoms with Gasteiger partial charge < -0.3 is 4.52 Å². The zero-order valence-electron chi connectivity index (χ0n) is 21.6. The molecule has 1 heterocycles. The van der Waals surface area contributed by atoms with Crippen molar-refractivity contribution < 1.29 is 9.32 Å². The van der Waals surface area contributed by atoms with Crippen molar-refractivity contribution in [1.82, 2.24) is 5.16 Å². The van der Waals surface area contributed by atoms with Crippen LogP contribution in [0.1, 0.15) is 85.2 Å². The first-order chi connectivity index (χ1) is 17.1. The Morgan fingerprint density at radius 2 is 1.34 bits per heavy atom. The number of carbonyl (C=O) groups is 1. The number of Topliss-reactive ketones (excluding diaryl/α,β-unsaturated/α-hetero) is 1. The maximum atomic E-state index is 13.1. The Labute approximate surface area is 212 Å². The summed E-state index contributed by atoms with van der Waals surface area (Å²) in [5.74, 6) is 1.09. The van der Waals surface area contributed by atoms with Gasteiger partial charge in [-0.05, 0) is 36.8 Å². The zero-order chi connectivity index (χ0) is 24.5. The first-order valence-electron chi connectivity index (χ1n) is 13.7. The topological polar surface area (TPSA) is 43.1 Å². The zero-order valence-corrected chi connectivity index (χ0v) is 22.6. The lowest BCUT2D eigenvalue weighted by Gasteiger charge is -2.34. The molecule has 4 heteroatoms. The third-order valence-electron chi connectivity index (χ3n) is 7.99. The third-order valence-corrected chi connectivity index (χ3v) is 12.3. The summed E-state index contributed by atoms with van der Waals surface area (Å²) in [5.41, 5.74) is 3.55. The molecule has 0 fully saturated rings. The molecule has 1 unspecified atom stereocenters. The molecule has 1 aliphatic rings. The summed E-state index contributed by atoms with van der Waals surface area (Å²) in [6.07, 6.45) is 13.7. The van der Waals surface area contributed by atoms with Crippen molar-refractivity contribution in [2.45, 2.75) is 95.7 Å². The maximum absolute atomic E-state index is 13.1. The molecular formula is C31H41NO2Si. The average molecular weight is 488 g/mol. The number of aromatic nitrogens is 1. The Kier molecular flexibility index (Phi) is 9.14. The number of fused-ring (bicyclic) bond motifs is 1. The summed E-state index contributed by atoms with van der Waals surface area (Å²) >= 11 is 0. The van der Waals surface area contributed by atoms with Gasteiger partial charge >= 0.3 is 0 Å². The normalized spacial score (nSPS) is 15.8. The van der Waals surface area contributed by atoms with Gasteiger partial charge in [-0.1, -0.05) is 123 Å². The predicted octanol–water partition coefficient (Wildman–Crippen LogP) is 7.70. The SMILES string of the molecule is C[Si](C)(c1ccccc1)C1CC(=O)c2c(CCCCCCCCCCc3ccccc3)noc2C1. The average Bonchev–Trinajstić information content (AvgIpc) is 3.30. The fourth-order valence-electron chi connectivity index (χ4n) is 5.55. The number of rotatable bonds is 13. The first kappa shape index (κ1) is 25.6. The van der Waals surface area contributed by atoms with E-state index in [4.69, 9.17) is 4.52 Å². The van der Waals surface area contributed by atoms with Crippen molar-refractivity contribution in [1.29, 1.82) is 0 Å². The van der Waals surface area contributed by atoms with Crippen LogP contribution in [0.2, 0.25) is 18.6 Å². The van der Waals surface area contributed by atoms with Gasteiger partial charge in [-0.2, -0.15) is 0 Å². The summed E-state index contributed by atoms with van der Waals surface area (Å²) in [7, 11) is -1.76. The van der Waals surface area contributed by atoms with Gasteiger partial charge in [0.1, 0.15) is 5.76 Å². The van der Waals surface area contributed by atoms with E-state index in [1.54, 1.807) is 0 Å². The molecular weight excluding hydrogens is 446 g/mol. The van der Waals surface area contributed by atoms with E-state index in [2.05, 4.69) is 78.9 Å². The second kappa shape index (κ2) is 12.5. The van der Waals surface area contributed by atoms with Crippen molar-refractivity contribution in [3.8, 4) is 0 Å². The van der Waals surface area contributed by atoms with Crippen LogP contribution in [0.4, 0.5) is 0 Å². The summed E-state index contributed by atoms with van der Waals surface area (Å²) < 4.78 is 5.74. The summed E-state index contributed by atoms with van der Waals surface area (Å²) in [6.45, 7) is 4.76. The van der Waals surface area contributed by atoms with Gasteiger partial charge in [0.15, 0.2) is 5.78 Å². The molecule has 4 rings (SSSR count). The summed E-state index contributed by atoms with van der Waals surface area (Å²) in [5, 5.41) is 5.76. The van der Waals surface area contributed by atoms with Crippen molar-refractivity contribution >= 4 is 19.0 Å². The van der Waals surface area contributed by atoms with E-state index in [0.29, 0.717) is 12.0 Å². The van der Waals surface area contributed by atoms with Gasteiger partial charge in [0.05, 0.1) is 19.3 Å². The molecule has 0 N–H and O–H groups in total. The third kappa shape index (κ3) is 6.82. The Bertz CT molecular complexity index is 1060. The second-order valence-electron chi connectivity index (χ2n) is 10.9. The van der Waals surface area contributed by atoms with E-state index in [1.807, 2.05) is 0 Å². The molecule has 3 aromatic rings. The van der Waals surface area contributed by atoms with E-state index in [0.717, 1.165) is 36.3 Å². The van der Waals surface area contributed by atoms with Gasteiger partial charge in [-0.25, -0.2) is 0 Å². The fourth-order valence-corrected chi connectivity index (χ4v) is 8.47. The van der Waals surface area contributed by atoms with Crippen LogP contribution in [-0.4, -0.2) is 19.0 Å². The van der Waals surface area contributed by atoms with Crippen LogP contribution >= 0.6 is 0 Å². The lowest BCUT2D eigenvalue weighted by Crippen LogP contribution is -2.48. The van der Waals surface area contributed by atoms with Gasteiger partial charge in [-0.15, -0.1) is 0 Å². The molecule has 2 aromatic carbocycles. The maximum Gasteiger partial charge on any atom is 0.168 e. The number of hydrogen-bond donors (Lipinski definition) is 0. The van der Waals surface area contributed by atoms with Crippen LogP contribution in [-0.2, 0) is 19.3 Å². The molecule has 0 radical (unpaired) electrons. The van der Waals surface area contributed by atoms with Crippen LogP contribution in [0.3, 0.4) is 0 Å². The van der Waals surface area contributed by atoms with Crippen molar-refractivity contribution in [3.63, 3.8) is 0 Å². The number of ketones is 1. The van der Waals surface area contributed by atoms with E-state index in [1.165, 1.54) is 62.1 Å². The lowest BCUT2D eigenvalue weighted by molar-refractivity contribution is 0.0967. The van der Waals surface area contributed by atoms with E-state index in [-0.39, 0.29) is 5.78 Å². The minimum absolute atomic E-state index is 0.250. The first-order valence-corrected chi connectivity index (χ1v) is 16.7. The molecule has 186 valence electrons. The Morgan fingerprint density at radius 1 is 0.771 bits per heavy atom. The van der Waals surface area contributed by atoms with Crippen LogP contribution in [0, 0.1) is 0 Å². The van der Waals surface area contributed by atoms with E-state index < -0.39 is 8.07 Å². The minimum Gasteiger partial charge on any atom is -0.360 e. The number of hydrogen-bond acceptors (Lipinski definition) is 3. The van der Waals surface area contributed by atoms with Crippen molar-refractivity contribution in [3.05, 3.63) is 83.2 Å². The predicted molar refractivity (Wildman–Crippen MR) is 147 cm³/mol. The highest BCUT2D eigenvalue weighted by atomic mass is 28.3. The molecule has 0 bridgehead atoms. The number of unbranched alkanes of at least 4 members (excludes halogenated alkanes) is 7. The summed E-state index contributed by atoms with van der Waals surface area (Å²) in [6, 6.07) is 21.5. The number of carbonyl (C=O) groups excluding carboxylic acids is 1. The number of aryl methyl sites for hydroxylation is 2. The fraction of sp³-hybridized carbons (Fsp3) is 0.484. The van der Waals surface area contributed by atoms with E-state index in [9.17, 15) is 4.79 Å². The van der Waals surface area contributed by atoms with Gasteiger partial charge in [0.2, 0.25) is 0 Å². The minimum atomic E-state index is -1.76. The van der Waals surface area contributed by atoms with Crippen molar-refractivity contribution in [2.75, 3.05) is 0 Å². The highest BCUT2D eigenvalue weighted by Crippen LogP contribution is 2.38. The van der Waals surface area contributed by atoms with Gasteiger partial charge in [0, 0.05) is 12.8 Å². The smallest absolute Gasteiger partial charge is 0.168 e. The molecule has 1 aliphatic carbocycles. The quantitative estimate of drug-likeness (QED) is 0.183. The van der Waals surface area contributed by atoms with Crippen LogP contribution in [0.15, 0.2) is 65.2 Å². The Balaban J connectivity index is 1.15. The monoisotopic (exact) mass is 487 g/mol. The van der Waals surface area contributed by atoms with Crippen LogP contribution in [0.5, 0.6) is 0 Å².